The number of carbonyl (C=O) groups excluding carboxylic acids is 1. The highest BCUT2D eigenvalue weighted by atomic mass is 16.2. The van der Waals surface area contributed by atoms with Crippen molar-refractivity contribution in [3.8, 4) is 0 Å². The van der Waals surface area contributed by atoms with Gasteiger partial charge in [-0.15, -0.1) is 0 Å². The Hall–Kier alpha value is -2.57. The highest BCUT2D eigenvalue weighted by Crippen LogP contribution is 2.04. The Kier molecular flexibility index (Phi) is 5.35. The predicted molar refractivity (Wildman–Crippen MR) is 86.5 cm³/mol. The Bertz CT molecular complexity index is 619. The maximum Gasteiger partial charge on any atom is 0.241 e. The summed E-state index contributed by atoms with van der Waals surface area (Å²) in [6.07, 6.45) is 2.63. The van der Waals surface area contributed by atoms with Crippen molar-refractivity contribution in [3.05, 3.63) is 35.7 Å². The average Bonchev–Trinajstić information content (AvgIpc) is 2.78. The number of amides is 1. The molecule has 1 amide bonds. The molecule has 7 nitrogen and oxygen atoms in total. The minimum Gasteiger partial charge on any atom is -0.384 e. The van der Waals surface area contributed by atoms with E-state index in [-0.39, 0.29) is 12.5 Å². The number of nitrogens with two attached hydrogens (primary N) is 1. The van der Waals surface area contributed by atoms with Crippen molar-refractivity contribution in [2.75, 3.05) is 24.1 Å². The Balaban J connectivity index is 1.63. The Morgan fingerprint density at radius 2 is 2.14 bits per heavy atom. The molecular weight excluding hydrogens is 280 g/mol. The Labute approximate surface area is 129 Å². The first-order valence-electron chi connectivity index (χ1n) is 7.28. The lowest BCUT2D eigenvalue weighted by Gasteiger charge is -2.08. The number of rotatable bonds is 7. The number of nitrogens with one attached hydrogen (secondary N) is 2. The van der Waals surface area contributed by atoms with Crippen LogP contribution < -0.4 is 16.4 Å². The Morgan fingerprint density at radius 3 is 2.77 bits per heavy atom. The van der Waals surface area contributed by atoms with E-state index in [1.807, 2.05) is 32.2 Å². The van der Waals surface area contributed by atoms with Crippen LogP contribution in [0.4, 0.5) is 11.6 Å². The van der Waals surface area contributed by atoms with Gasteiger partial charge in [0.2, 0.25) is 5.91 Å². The first-order chi connectivity index (χ1) is 10.5. The second-order valence-electron chi connectivity index (χ2n) is 5.22. The number of pyridine rings is 1. The average molecular weight is 302 g/mol. The van der Waals surface area contributed by atoms with Crippen molar-refractivity contribution in [3.63, 3.8) is 0 Å². The van der Waals surface area contributed by atoms with E-state index >= 15 is 0 Å². The van der Waals surface area contributed by atoms with Crippen LogP contribution in [-0.2, 0) is 11.3 Å². The lowest BCUT2D eigenvalue weighted by molar-refractivity contribution is -0.121. The van der Waals surface area contributed by atoms with Gasteiger partial charge in [-0.2, -0.15) is 5.10 Å². The highest BCUT2D eigenvalue weighted by molar-refractivity contribution is 5.76. The van der Waals surface area contributed by atoms with Crippen molar-refractivity contribution in [1.29, 1.82) is 0 Å². The number of nitrogens with zero attached hydrogens (tertiary/aromatic N) is 3. The number of aromatic nitrogens is 3. The minimum absolute atomic E-state index is 0.0942. The molecule has 0 saturated heterocycles. The molecule has 2 aromatic heterocycles. The zero-order valence-electron chi connectivity index (χ0n) is 13.0. The van der Waals surface area contributed by atoms with Gasteiger partial charge in [0.05, 0.1) is 5.69 Å². The molecule has 118 valence electrons. The summed E-state index contributed by atoms with van der Waals surface area (Å²) in [4.78, 5) is 16.0. The normalized spacial score (nSPS) is 10.5. The fraction of sp³-hybridized carbons (Fsp3) is 0.400. The van der Waals surface area contributed by atoms with Gasteiger partial charge in [0.15, 0.2) is 0 Å². The molecule has 2 aromatic rings. The summed E-state index contributed by atoms with van der Waals surface area (Å²) in [6, 6.07) is 5.69. The van der Waals surface area contributed by atoms with E-state index in [1.165, 1.54) is 4.68 Å². The van der Waals surface area contributed by atoms with Crippen LogP contribution in [0.3, 0.4) is 0 Å². The van der Waals surface area contributed by atoms with Crippen LogP contribution in [0.25, 0.3) is 0 Å². The molecule has 0 atom stereocenters. The van der Waals surface area contributed by atoms with Crippen LogP contribution in [0.15, 0.2) is 24.4 Å². The van der Waals surface area contributed by atoms with Gasteiger partial charge >= 0.3 is 0 Å². The summed E-state index contributed by atoms with van der Waals surface area (Å²) in [7, 11) is 0. The van der Waals surface area contributed by atoms with Crippen LogP contribution in [0.2, 0.25) is 0 Å². The second-order valence-corrected chi connectivity index (χ2v) is 5.22. The van der Waals surface area contributed by atoms with Gasteiger partial charge in [-0.3, -0.25) is 4.79 Å². The quantitative estimate of drug-likeness (QED) is 0.665. The summed E-state index contributed by atoms with van der Waals surface area (Å²) in [5, 5.41) is 10.2. The summed E-state index contributed by atoms with van der Waals surface area (Å²) >= 11 is 0. The molecule has 0 radical (unpaired) electrons. The van der Waals surface area contributed by atoms with E-state index in [2.05, 4.69) is 20.7 Å². The third-order valence-electron chi connectivity index (χ3n) is 3.12. The SMILES string of the molecule is Cc1ccc(NCCCNC(=O)Cn2nc(C)cc2N)nc1. The molecular formula is C15H22N6O. The number of nitrogen functional groups attached to an aromatic ring is 1. The molecule has 0 aliphatic rings. The highest BCUT2D eigenvalue weighted by Gasteiger charge is 2.06. The summed E-state index contributed by atoms with van der Waals surface area (Å²) in [6.45, 7) is 5.33. The number of aryl methyl sites for hydroxylation is 2. The maximum absolute atomic E-state index is 11.8. The van der Waals surface area contributed by atoms with Gasteiger partial charge in [-0.05, 0) is 31.9 Å². The Morgan fingerprint density at radius 1 is 1.32 bits per heavy atom. The zero-order valence-corrected chi connectivity index (χ0v) is 13.0. The molecule has 22 heavy (non-hydrogen) atoms. The molecule has 0 aliphatic heterocycles. The van der Waals surface area contributed by atoms with E-state index in [4.69, 9.17) is 5.73 Å². The van der Waals surface area contributed by atoms with Gasteiger partial charge in [0.25, 0.3) is 0 Å². The number of anilines is 2. The number of hydrogen-bond donors (Lipinski definition) is 3. The van der Waals surface area contributed by atoms with Crippen LogP contribution >= 0.6 is 0 Å². The third kappa shape index (κ3) is 4.76. The van der Waals surface area contributed by atoms with Gasteiger partial charge in [0, 0.05) is 25.4 Å². The minimum atomic E-state index is -0.0942. The van der Waals surface area contributed by atoms with Gasteiger partial charge in [0.1, 0.15) is 18.2 Å². The summed E-state index contributed by atoms with van der Waals surface area (Å²) < 4.78 is 1.50. The smallest absolute Gasteiger partial charge is 0.241 e. The molecule has 4 N–H and O–H groups in total. The fourth-order valence-corrected chi connectivity index (χ4v) is 1.99. The van der Waals surface area contributed by atoms with E-state index in [9.17, 15) is 4.79 Å². The molecule has 0 fully saturated rings. The molecule has 2 heterocycles. The van der Waals surface area contributed by atoms with Crippen LogP contribution in [-0.4, -0.2) is 33.8 Å². The monoisotopic (exact) mass is 302 g/mol. The van der Waals surface area contributed by atoms with Crippen LogP contribution in [0.1, 0.15) is 17.7 Å². The van der Waals surface area contributed by atoms with Crippen molar-refractivity contribution in [2.24, 2.45) is 0 Å². The van der Waals surface area contributed by atoms with Crippen molar-refractivity contribution >= 4 is 17.5 Å². The topological polar surface area (TPSA) is 97.9 Å². The standard InChI is InChI=1S/C15H22N6O/c1-11-4-5-14(19-9-11)17-6-3-7-18-15(22)10-21-13(16)8-12(2)20-21/h4-5,8-9H,3,6-7,10,16H2,1-2H3,(H,17,19)(H,18,22). The van der Waals surface area contributed by atoms with Crippen molar-refractivity contribution < 1.29 is 4.79 Å². The zero-order chi connectivity index (χ0) is 15.9. The molecule has 0 aliphatic carbocycles. The summed E-state index contributed by atoms with van der Waals surface area (Å²) in [5.74, 6) is 1.25. The second kappa shape index (κ2) is 7.44. The third-order valence-corrected chi connectivity index (χ3v) is 3.12. The molecule has 0 aromatic carbocycles. The van der Waals surface area contributed by atoms with Gasteiger partial charge < -0.3 is 16.4 Å². The molecule has 7 heteroatoms. The van der Waals surface area contributed by atoms with Crippen molar-refractivity contribution in [1.82, 2.24) is 20.1 Å². The lowest BCUT2D eigenvalue weighted by Crippen LogP contribution is -2.30. The molecule has 0 saturated carbocycles. The molecule has 0 bridgehead atoms. The molecule has 0 unspecified atom stereocenters. The maximum atomic E-state index is 11.8. The fourth-order valence-electron chi connectivity index (χ4n) is 1.99. The van der Waals surface area contributed by atoms with Crippen LogP contribution in [0, 0.1) is 13.8 Å². The predicted octanol–water partition coefficient (Wildman–Crippen LogP) is 1.10. The largest absolute Gasteiger partial charge is 0.384 e. The van der Waals surface area contributed by atoms with E-state index < -0.39 is 0 Å². The number of carbonyl (C=O) groups is 1. The molecule has 2 rings (SSSR count). The lowest BCUT2D eigenvalue weighted by atomic mass is 10.3. The number of hydrogen-bond acceptors (Lipinski definition) is 5. The first-order valence-corrected chi connectivity index (χ1v) is 7.28. The van der Waals surface area contributed by atoms with Gasteiger partial charge in [-0.1, -0.05) is 6.07 Å². The van der Waals surface area contributed by atoms with E-state index in [0.29, 0.717) is 12.4 Å². The van der Waals surface area contributed by atoms with E-state index in [1.54, 1.807) is 6.07 Å². The van der Waals surface area contributed by atoms with Gasteiger partial charge in [-0.25, -0.2) is 9.67 Å². The van der Waals surface area contributed by atoms with E-state index in [0.717, 1.165) is 30.0 Å². The first kappa shape index (κ1) is 15.8. The molecule has 0 spiro atoms. The summed E-state index contributed by atoms with van der Waals surface area (Å²) in [5.41, 5.74) is 7.68. The van der Waals surface area contributed by atoms with Crippen molar-refractivity contribution in [2.45, 2.75) is 26.8 Å². The van der Waals surface area contributed by atoms with Crippen LogP contribution in [0.5, 0.6) is 0 Å².